The van der Waals surface area contributed by atoms with Gasteiger partial charge in [-0.05, 0) is 87.2 Å². The maximum Gasteiger partial charge on any atom is 0.264 e. The fraction of sp³-hybridized carbons (Fsp3) is 0.333. The average molecular weight is 570 g/mol. The van der Waals surface area contributed by atoms with Crippen LogP contribution in [0.2, 0.25) is 5.02 Å². The van der Waals surface area contributed by atoms with Gasteiger partial charge in [0.05, 0.1) is 10.6 Å². The second-order valence-corrected chi connectivity index (χ2v) is 12.0. The van der Waals surface area contributed by atoms with Gasteiger partial charge in [-0.1, -0.05) is 54.4 Å². The van der Waals surface area contributed by atoms with E-state index >= 15 is 0 Å². The zero-order valence-corrected chi connectivity index (χ0v) is 24.6. The molecular formula is C30H36ClN3O4S. The normalized spacial score (nSPS) is 12.1. The molecule has 0 aliphatic carbocycles. The van der Waals surface area contributed by atoms with Gasteiger partial charge in [-0.15, -0.1) is 0 Å². The van der Waals surface area contributed by atoms with Crippen LogP contribution in [0.3, 0.4) is 0 Å². The van der Waals surface area contributed by atoms with Crippen molar-refractivity contribution in [3.63, 3.8) is 0 Å². The summed E-state index contributed by atoms with van der Waals surface area (Å²) in [4.78, 5) is 28.3. The van der Waals surface area contributed by atoms with Crippen LogP contribution in [-0.4, -0.2) is 44.3 Å². The molecule has 3 rings (SSSR count). The van der Waals surface area contributed by atoms with E-state index in [0.717, 1.165) is 33.0 Å². The minimum Gasteiger partial charge on any atom is -0.354 e. The van der Waals surface area contributed by atoms with Gasteiger partial charge in [0.15, 0.2) is 0 Å². The van der Waals surface area contributed by atoms with Crippen molar-refractivity contribution in [3.8, 4) is 0 Å². The van der Waals surface area contributed by atoms with Crippen LogP contribution >= 0.6 is 11.6 Å². The quantitative estimate of drug-likeness (QED) is 0.335. The van der Waals surface area contributed by atoms with Crippen molar-refractivity contribution in [2.24, 2.45) is 0 Å². The third-order valence-corrected chi connectivity index (χ3v) is 8.65. The molecule has 0 saturated carbocycles. The van der Waals surface area contributed by atoms with E-state index in [2.05, 4.69) is 5.32 Å². The number of sulfonamides is 1. The number of aryl methyl sites for hydroxylation is 3. The Bertz CT molecular complexity index is 1420. The van der Waals surface area contributed by atoms with E-state index in [0.29, 0.717) is 17.3 Å². The smallest absolute Gasteiger partial charge is 0.264 e. The molecule has 0 heterocycles. The Kier molecular flexibility index (Phi) is 10.2. The lowest BCUT2D eigenvalue weighted by atomic mass is 10.1. The second-order valence-electron chi connectivity index (χ2n) is 9.71. The maximum atomic E-state index is 13.9. The molecule has 0 bridgehead atoms. The van der Waals surface area contributed by atoms with Gasteiger partial charge < -0.3 is 10.2 Å². The highest BCUT2D eigenvalue weighted by Gasteiger charge is 2.32. The molecule has 0 spiro atoms. The van der Waals surface area contributed by atoms with Crippen molar-refractivity contribution >= 4 is 39.1 Å². The van der Waals surface area contributed by atoms with Crippen LogP contribution in [0.25, 0.3) is 0 Å². The molecule has 2 amide bonds. The van der Waals surface area contributed by atoms with Crippen LogP contribution in [0.5, 0.6) is 0 Å². The van der Waals surface area contributed by atoms with Gasteiger partial charge in [0, 0.05) is 18.1 Å². The molecule has 0 aliphatic heterocycles. The van der Waals surface area contributed by atoms with E-state index in [1.807, 2.05) is 58.0 Å². The molecule has 1 N–H and O–H groups in total. The van der Waals surface area contributed by atoms with Crippen LogP contribution in [0.4, 0.5) is 5.69 Å². The molecule has 0 fully saturated rings. The zero-order valence-electron chi connectivity index (χ0n) is 23.1. The van der Waals surface area contributed by atoms with Crippen molar-refractivity contribution < 1.29 is 18.0 Å². The number of hydrogen-bond donors (Lipinski definition) is 1. The van der Waals surface area contributed by atoms with Crippen LogP contribution in [0, 0.1) is 20.8 Å². The molecule has 9 heteroatoms. The van der Waals surface area contributed by atoms with Gasteiger partial charge in [-0.25, -0.2) is 8.42 Å². The number of rotatable bonds is 11. The van der Waals surface area contributed by atoms with E-state index in [9.17, 15) is 18.0 Å². The number of amides is 2. The van der Waals surface area contributed by atoms with Gasteiger partial charge in [-0.3, -0.25) is 13.9 Å². The number of halogens is 1. The van der Waals surface area contributed by atoms with Crippen molar-refractivity contribution in [2.75, 3.05) is 17.4 Å². The van der Waals surface area contributed by atoms with Gasteiger partial charge in [0.1, 0.15) is 12.6 Å². The van der Waals surface area contributed by atoms with E-state index in [1.165, 1.54) is 29.2 Å². The molecule has 39 heavy (non-hydrogen) atoms. The zero-order chi connectivity index (χ0) is 28.7. The topological polar surface area (TPSA) is 86.8 Å². The minimum atomic E-state index is -4.14. The first-order valence-electron chi connectivity index (χ1n) is 12.9. The third kappa shape index (κ3) is 7.61. The van der Waals surface area contributed by atoms with Crippen LogP contribution in [0.15, 0.2) is 71.6 Å². The predicted molar refractivity (Wildman–Crippen MR) is 156 cm³/mol. The number of anilines is 1. The number of benzene rings is 3. The lowest BCUT2D eigenvalue weighted by molar-refractivity contribution is -0.139. The fourth-order valence-electron chi connectivity index (χ4n) is 4.13. The SMILES string of the molecule is CCCNC(=O)[C@@H](C)N(Cc1cccc(C)c1)C(=O)CN(c1ccc(C)c(C)c1)S(=O)(=O)c1ccc(Cl)cc1. The van der Waals surface area contributed by atoms with Crippen molar-refractivity contribution in [3.05, 3.63) is 94.0 Å². The largest absolute Gasteiger partial charge is 0.354 e. The summed E-state index contributed by atoms with van der Waals surface area (Å²) in [6, 6.07) is 18.0. The average Bonchev–Trinajstić information content (AvgIpc) is 2.90. The lowest BCUT2D eigenvalue weighted by Crippen LogP contribution is -2.51. The summed E-state index contributed by atoms with van der Waals surface area (Å²) in [5.74, 6) is -0.789. The Morgan fingerprint density at radius 2 is 1.64 bits per heavy atom. The van der Waals surface area contributed by atoms with Crippen LogP contribution in [-0.2, 0) is 26.2 Å². The van der Waals surface area contributed by atoms with Gasteiger partial charge in [0.25, 0.3) is 10.0 Å². The summed E-state index contributed by atoms with van der Waals surface area (Å²) < 4.78 is 28.9. The molecule has 7 nitrogen and oxygen atoms in total. The molecule has 0 aliphatic rings. The summed E-state index contributed by atoms with van der Waals surface area (Å²) in [5.41, 5.74) is 4.11. The standard InChI is InChI=1S/C30H36ClN3O4S/c1-6-16-32-30(36)24(5)33(19-25-9-7-8-21(2)17-25)29(35)20-34(27-13-10-22(3)23(4)18-27)39(37,38)28-14-11-26(31)12-15-28/h7-15,17-18,24H,6,16,19-20H2,1-5H3,(H,32,36)/t24-/m1/s1. The summed E-state index contributed by atoms with van der Waals surface area (Å²) in [5, 5.41) is 3.25. The van der Waals surface area contributed by atoms with Crippen molar-refractivity contribution in [1.29, 1.82) is 0 Å². The van der Waals surface area contributed by atoms with E-state index in [4.69, 9.17) is 11.6 Å². The highest BCUT2D eigenvalue weighted by molar-refractivity contribution is 7.92. The molecule has 0 unspecified atom stereocenters. The van der Waals surface area contributed by atoms with Crippen molar-refractivity contribution in [2.45, 2.75) is 58.5 Å². The molecule has 0 saturated heterocycles. The first-order valence-corrected chi connectivity index (χ1v) is 14.7. The molecule has 0 radical (unpaired) electrons. The first-order chi connectivity index (χ1) is 18.4. The van der Waals surface area contributed by atoms with Crippen molar-refractivity contribution in [1.82, 2.24) is 10.2 Å². The minimum absolute atomic E-state index is 0.0110. The molecule has 0 aromatic heterocycles. The molecule has 3 aromatic carbocycles. The Labute approximate surface area is 236 Å². The number of carbonyl (C=O) groups is 2. The Morgan fingerprint density at radius 1 is 0.949 bits per heavy atom. The van der Waals surface area contributed by atoms with Crippen LogP contribution < -0.4 is 9.62 Å². The van der Waals surface area contributed by atoms with Crippen LogP contribution in [0.1, 0.15) is 42.5 Å². The summed E-state index contributed by atoms with van der Waals surface area (Å²) in [6.45, 7) is 9.53. The second kappa shape index (κ2) is 13.1. The van der Waals surface area contributed by atoms with Gasteiger partial charge in [0.2, 0.25) is 11.8 Å². The van der Waals surface area contributed by atoms with Gasteiger partial charge in [-0.2, -0.15) is 0 Å². The first kappa shape index (κ1) is 30.2. The fourth-order valence-corrected chi connectivity index (χ4v) is 5.66. The monoisotopic (exact) mass is 569 g/mol. The van der Waals surface area contributed by atoms with E-state index in [1.54, 1.807) is 19.1 Å². The Morgan fingerprint density at radius 3 is 2.26 bits per heavy atom. The summed E-state index contributed by atoms with van der Waals surface area (Å²) in [7, 11) is -4.14. The van der Waals surface area contributed by atoms with Gasteiger partial charge >= 0.3 is 0 Å². The van der Waals surface area contributed by atoms with E-state index < -0.39 is 28.5 Å². The number of carbonyl (C=O) groups excluding carboxylic acids is 2. The maximum absolute atomic E-state index is 13.9. The van der Waals surface area contributed by atoms with E-state index in [-0.39, 0.29) is 17.3 Å². The predicted octanol–water partition coefficient (Wildman–Crippen LogP) is 5.40. The lowest BCUT2D eigenvalue weighted by Gasteiger charge is -2.32. The Hall–Kier alpha value is -3.36. The molecule has 3 aromatic rings. The highest BCUT2D eigenvalue weighted by atomic mass is 35.5. The Balaban J connectivity index is 2.04. The molecular weight excluding hydrogens is 534 g/mol. The number of nitrogens with zero attached hydrogens (tertiary/aromatic N) is 2. The highest BCUT2D eigenvalue weighted by Crippen LogP contribution is 2.27. The third-order valence-electron chi connectivity index (χ3n) is 6.61. The number of hydrogen-bond acceptors (Lipinski definition) is 4. The summed E-state index contributed by atoms with van der Waals surface area (Å²) >= 11 is 6.00. The number of nitrogens with one attached hydrogen (secondary N) is 1. The molecule has 208 valence electrons. The summed E-state index contributed by atoms with van der Waals surface area (Å²) in [6.07, 6.45) is 0.754. The molecule has 1 atom stereocenters.